The van der Waals surface area contributed by atoms with Crippen LogP contribution in [0.1, 0.15) is 31.4 Å². The first kappa shape index (κ1) is 13.5. The van der Waals surface area contributed by atoms with E-state index in [9.17, 15) is 4.79 Å². The van der Waals surface area contributed by atoms with Gasteiger partial charge in [0, 0.05) is 11.0 Å². The molecule has 1 aliphatic carbocycles. The molecule has 1 aromatic carbocycles. The number of aromatic nitrogens is 4. The molecule has 1 aliphatic rings. The van der Waals surface area contributed by atoms with Crippen LogP contribution >= 0.6 is 12.2 Å². The molecular formula is C16H16N4OS. The molecule has 0 amide bonds. The summed E-state index contributed by atoms with van der Waals surface area (Å²) in [4.78, 5) is 17.7. The molecule has 0 saturated heterocycles. The third-order valence-electron chi connectivity index (χ3n) is 4.80. The van der Waals surface area contributed by atoms with E-state index in [4.69, 9.17) is 17.2 Å². The van der Waals surface area contributed by atoms with Gasteiger partial charge < -0.3 is 0 Å². The minimum absolute atomic E-state index is 0.0682. The second-order valence-electron chi connectivity index (χ2n) is 6.10. The van der Waals surface area contributed by atoms with E-state index in [1.807, 2.05) is 18.2 Å². The molecule has 0 radical (unpaired) electrons. The Morgan fingerprint density at radius 3 is 2.91 bits per heavy atom. The molecule has 5 nitrogen and oxygen atoms in total. The van der Waals surface area contributed by atoms with Gasteiger partial charge in [-0.3, -0.25) is 15.0 Å². The number of benzene rings is 1. The summed E-state index contributed by atoms with van der Waals surface area (Å²) >= 11 is 5.20. The minimum Gasteiger partial charge on any atom is -0.273 e. The summed E-state index contributed by atoms with van der Waals surface area (Å²) in [7, 11) is 0. The maximum atomic E-state index is 13.1. The quantitative estimate of drug-likeness (QED) is 0.679. The van der Waals surface area contributed by atoms with Crippen molar-refractivity contribution in [2.24, 2.45) is 0 Å². The van der Waals surface area contributed by atoms with Crippen molar-refractivity contribution < 1.29 is 0 Å². The molecule has 4 rings (SSSR count). The van der Waals surface area contributed by atoms with Crippen molar-refractivity contribution >= 4 is 18.0 Å². The molecule has 6 heteroatoms. The Bertz CT molecular complexity index is 1010. The number of hydrogen-bond donors (Lipinski definition) is 2. The zero-order valence-electron chi connectivity index (χ0n) is 12.4. The second kappa shape index (κ2) is 4.39. The fraction of sp³-hybridized carbons (Fsp3) is 0.312. The van der Waals surface area contributed by atoms with Crippen molar-refractivity contribution in [2.75, 3.05) is 0 Å². The number of nitrogens with zero attached hydrogens (tertiary/aromatic N) is 2. The summed E-state index contributed by atoms with van der Waals surface area (Å²) < 4.78 is 1.81. The number of aromatic amines is 2. The lowest BCUT2D eigenvalue weighted by Gasteiger charge is -2.34. The predicted octanol–water partition coefficient (Wildman–Crippen LogP) is 2.97. The van der Waals surface area contributed by atoms with E-state index in [0.717, 1.165) is 29.7 Å². The highest BCUT2D eigenvalue weighted by molar-refractivity contribution is 7.71. The predicted molar refractivity (Wildman–Crippen MR) is 87.8 cm³/mol. The number of hydrogen-bond acceptors (Lipinski definition) is 3. The zero-order valence-corrected chi connectivity index (χ0v) is 13.3. The Hall–Kier alpha value is -2.21. The SMILES string of the molecule is CC[C@@]1(C)Cc2ccccc2-c2nc3[nH][nH]c(=S)n3c(=O)c21. The third-order valence-corrected chi connectivity index (χ3v) is 5.09. The van der Waals surface area contributed by atoms with Crippen LogP contribution in [0, 0.1) is 4.77 Å². The topological polar surface area (TPSA) is 65.9 Å². The van der Waals surface area contributed by atoms with Crippen LogP contribution < -0.4 is 5.56 Å². The number of H-pyrrole nitrogens is 2. The summed E-state index contributed by atoms with van der Waals surface area (Å²) in [5.41, 5.74) is 3.54. The maximum Gasteiger partial charge on any atom is 0.265 e. The maximum absolute atomic E-state index is 13.1. The molecule has 3 aromatic rings. The van der Waals surface area contributed by atoms with Gasteiger partial charge in [0.1, 0.15) is 0 Å². The number of fused-ring (bicyclic) bond motifs is 4. The highest BCUT2D eigenvalue weighted by Gasteiger charge is 2.37. The molecule has 22 heavy (non-hydrogen) atoms. The van der Waals surface area contributed by atoms with Crippen LogP contribution in [0.4, 0.5) is 0 Å². The van der Waals surface area contributed by atoms with Crippen molar-refractivity contribution in [2.45, 2.75) is 32.1 Å². The Morgan fingerprint density at radius 2 is 2.14 bits per heavy atom. The molecule has 2 heterocycles. The van der Waals surface area contributed by atoms with Gasteiger partial charge in [0.25, 0.3) is 5.56 Å². The van der Waals surface area contributed by atoms with Crippen molar-refractivity contribution in [1.82, 2.24) is 19.6 Å². The van der Waals surface area contributed by atoms with E-state index in [2.05, 4.69) is 30.1 Å². The van der Waals surface area contributed by atoms with E-state index in [1.165, 1.54) is 9.96 Å². The fourth-order valence-electron chi connectivity index (χ4n) is 3.41. The van der Waals surface area contributed by atoms with E-state index < -0.39 is 0 Å². The average molecular weight is 312 g/mol. The van der Waals surface area contributed by atoms with Crippen LogP contribution in [0.2, 0.25) is 0 Å². The Balaban J connectivity index is 2.22. The standard InChI is InChI=1S/C16H16N4OS/c1-3-16(2)8-9-6-4-5-7-10(9)12-11(16)13(21)20-14(17-12)18-19-15(20)22/h4-7H,3,8H2,1-2H3,(H,17,18)(H,19,22)/t16-/m0/s1. The van der Waals surface area contributed by atoms with Crippen molar-refractivity contribution in [3.63, 3.8) is 0 Å². The van der Waals surface area contributed by atoms with Crippen LogP contribution in [0.15, 0.2) is 29.1 Å². The second-order valence-corrected chi connectivity index (χ2v) is 6.49. The molecule has 1 atom stereocenters. The number of rotatable bonds is 1. The van der Waals surface area contributed by atoms with Crippen LogP contribution in [0.25, 0.3) is 17.0 Å². The third kappa shape index (κ3) is 1.61. The van der Waals surface area contributed by atoms with Gasteiger partial charge in [-0.15, -0.1) is 0 Å². The van der Waals surface area contributed by atoms with Gasteiger partial charge in [-0.2, -0.15) is 0 Å². The van der Waals surface area contributed by atoms with Gasteiger partial charge in [0.15, 0.2) is 0 Å². The first-order valence-electron chi connectivity index (χ1n) is 7.37. The Labute approximate surface area is 132 Å². The molecule has 2 aromatic heterocycles. The van der Waals surface area contributed by atoms with Crippen molar-refractivity contribution in [3.8, 4) is 11.3 Å². The van der Waals surface area contributed by atoms with Gasteiger partial charge in [-0.05, 0) is 30.6 Å². The first-order chi connectivity index (χ1) is 10.5. The van der Waals surface area contributed by atoms with Gasteiger partial charge >= 0.3 is 0 Å². The van der Waals surface area contributed by atoms with Crippen LogP contribution in [0.5, 0.6) is 0 Å². The fourth-order valence-corrected chi connectivity index (χ4v) is 3.63. The van der Waals surface area contributed by atoms with Crippen molar-refractivity contribution in [3.05, 3.63) is 50.5 Å². The highest BCUT2D eigenvalue weighted by Crippen LogP contribution is 2.42. The molecule has 0 fully saturated rings. The first-order valence-corrected chi connectivity index (χ1v) is 7.78. The average Bonchev–Trinajstić information content (AvgIpc) is 2.89. The van der Waals surface area contributed by atoms with Crippen LogP contribution in [-0.4, -0.2) is 19.6 Å². The molecule has 0 aliphatic heterocycles. The summed E-state index contributed by atoms with van der Waals surface area (Å²) in [5, 5.41) is 5.68. The zero-order chi connectivity index (χ0) is 15.5. The summed E-state index contributed by atoms with van der Waals surface area (Å²) in [6.45, 7) is 4.25. The number of nitrogens with one attached hydrogen (secondary N) is 2. The monoisotopic (exact) mass is 312 g/mol. The minimum atomic E-state index is -0.228. The Morgan fingerprint density at radius 1 is 1.36 bits per heavy atom. The van der Waals surface area contributed by atoms with Gasteiger partial charge in [0.05, 0.1) is 11.3 Å². The molecule has 0 bridgehead atoms. The summed E-state index contributed by atoms with van der Waals surface area (Å²) in [6, 6.07) is 8.18. The van der Waals surface area contributed by atoms with Gasteiger partial charge in [-0.1, -0.05) is 38.1 Å². The van der Waals surface area contributed by atoms with Crippen molar-refractivity contribution in [1.29, 1.82) is 0 Å². The summed E-state index contributed by atoms with van der Waals surface area (Å²) in [5.74, 6) is 0.462. The van der Waals surface area contributed by atoms with Crippen LogP contribution in [-0.2, 0) is 11.8 Å². The molecule has 0 spiro atoms. The highest BCUT2D eigenvalue weighted by atomic mass is 32.1. The van der Waals surface area contributed by atoms with E-state index in [-0.39, 0.29) is 11.0 Å². The molecule has 2 N–H and O–H groups in total. The molecule has 0 saturated carbocycles. The smallest absolute Gasteiger partial charge is 0.265 e. The lowest BCUT2D eigenvalue weighted by molar-refractivity contribution is 0.440. The van der Waals surface area contributed by atoms with Crippen LogP contribution in [0.3, 0.4) is 0 Å². The Kier molecular flexibility index (Phi) is 2.69. The molecule has 0 unspecified atom stereocenters. The lowest BCUT2D eigenvalue weighted by Crippen LogP contribution is -2.37. The normalized spacial score (nSPS) is 19.9. The van der Waals surface area contributed by atoms with E-state index in [0.29, 0.717) is 10.5 Å². The lowest BCUT2D eigenvalue weighted by atomic mass is 9.69. The van der Waals surface area contributed by atoms with Gasteiger partial charge in [-0.25, -0.2) is 9.38 Å². The van der Waals surface area contributed by atoms with E-state index >= 15 is 0 Å². The van der Waals surface area contributed by atoms with Gasteiger partial charge in [0.2, 0.25) is 10.5 Å². The summed E-state index contributed by atoms with van der Waals surface area (Å²) in [6.07, 6.45) is 1.72. The molecule has 112 valence electrons. The van der Waals surface area contributed by atoms with E-state index in [1.54, 1.807) is 0 Å². The molecular weight excluding hydrogens is 296 g/mol. The largest absolute Gasteiger partial charge is 0.273 e.